The Kier molecular flexibility index (Phi) is 3.12. The standard InChI is InChI=1S/C17H17N3O2/c1-2-12-10-22-16-6-15(18-7-14(12)16)17(21)19-13-5-11-3-4-20(8-11)9-13/h1,6-7,10-11,13H,3-5,8-9H2,(H,19,21)/t11-,13-/m1/s1. The molecule has 2 fully saturated rings. The number of carbonyl (C=O) groups excluding carboxylic acids is 1. The van der Waals surface area contributed by atoms with Crippen LogP contribution >= 0.6 is 0 Å². The van der Waals surface area contributed by atoms with Crippen molar-refractivity contribution in [3.63, 3.8) is 0 Å². The number of fused-ring (bicyclic) bond motifs is 3. The number of nitrogens with zero attached hydrogens (tertiary/aromatic N) is 2. The van der Waals surface area contributed by atoms with E-state index >= 15 is 0 Å². The molecule has 1 amide bonds. The highest BCUT2D eigenvalue weighted by atomic mass is 16.3. The number of pyridine rings is 1. The van der Waals surface area contributed by atoms with Crippen LogP contribution in [0.3, 0.4) is 0 Å². The summed E-state index contributed by atoms with van der Waals surface area (Å²) in [7, 11) is 0. The number of aromatic nitrogens is 1. The zero-order chi connectivity index (χ0) is 15.1. The van der Waals surface area contributed by atoms with Crippen LogP contribution in [-0.2, 0) is 0 Å². The van der Waals surface area contributed by atoms with E-state index in [1.165, 1.54) is 19.2 Å². The van der Waals surface area contributed by atoms with E-state index in [-0.39, 0.29) is 11.9 Å². The number of nitrogens with one attached hydrogen (secondary N) is 1. The lowest BCUT2D eigenvalue weighted by atomic mass is 9.97. The first kappa shape index (κ1) is 13.4. The van der Waals surface area contributed by atoms with Crippen molar-refractivity contribution < 1.29 is 9.21 Å². The van der Waals surface area contributed by atoms with Gasteiger partial charge in [0, 0.05) is 31.4 Å². The molecule has 2 aromatic heterocycles. The van der Waals surface area contributed by atoms with Crippen LogP contribution in [0.2, 0.25) is 0 Å². The van der Waals surface area contributed by atoms with E-state index in [1.807, 2.05) is 0 Å². The lowest BCUT2D eigenvalue weighted by Gasteiger charge is -2.30. The van der Waals surface area contributed by atoms with Crippen molar-refractivity contribution >= 4 is 16.9 Å². The number of terminal acetylenes is 1. The molecule has 2 aliphatic heterocycles. The van der Waals surface area contributed by atoms with Gasteiger partial charge < -0.3 is 14.6 Å². The summed E-state index contributed by atoms with van der Waals surface area (Å²) in [5.41, 5.74) is 1.63. The molecular weight excluding hydrogens is 278 g/mol. The van der Waals surface area contributed by atoms with Gasteiger partial charge in [-0.1, -0.05) is 5.92 Å². The van der Waals surface area contributed by atoms with Crippen LogP contribution < -0.4 is 5.32 Å². The van der Waals surface area contributed by atoms with E-state index in [0.29, 0.717) is 16.8 Å². The summed E-state index contributed by atoms with van der Waals surface area (Å²) in [4.78, 5) is 19.0. The molecule has 5 nitrogen and oxygen atoms in total. The van der Waals surface area contributed by atoms with Crippen LogP contribution in [0.15, 0.2) is 22.9 Å². The SMILES string of the molecule is C#Cc1coc2cc(C(=O)N[C@@H]3C[C@H]4CCN(C4)C3)ncc12. The normalized spacial score (nSPS) is 26.8. The molecule has 0 radical (unpaired) electrons. The minimum Gasteiger partial charge on any atom is -0.463 e. The van der Waals surface area contributed by atoms with Gasteiger partial charge in [-0.3, -0.25) is 9.78 Å². The lowest BCUT2D eigenvalue weighted by Crippen LogP contribution is -2.47. The third-order valence-electron chi connectivity index (χ3n) is 4.65. The van der Waals surface area contributed by atoms with Gasteiger partial charge in [-0.2, -0.15) is 0 Å². The smallest absolute Gasteiger partial charge is 0.270 e. The van der Waals surface area contributed by atoms with Crippen molar-refractivity contribution in [2.75, 3.05) is 19.6 Å². The van der Waals surface area contributed by atoms with Gasteiger partial charge in [0.1, 0.15) is 17.5 Å². The number of hydrogen-bond donors (Lipinski definition) is 1. The maximum Gasteiger partial charge on any atom is 0.270 e. The quantitative estimate of drug-likeness (QED) is 0.856. The van der Waals surface area contributed by atoms with Crippen molar-refractivity contribution in [1.82, 2.24) is 15.2 Å². The molecule has 4 heterocycles. The van der Waals surface area contributed by atoms with Crippen LogP contribution in [0.1, 0.15) is 28.9 Å². The zero-order valence-electron chi connectivity index (χ0n) is 12.2. The van der Waals surface area contributed by atoms with Crippen LogP contribution in [0.4, 0.5) is 0 Å². The van der Waals surface area contributed by atoms with E-state index in [0.717, 1.165) is 30.8 Å². The molecule has 2 bridgehead atoms. The zero-order valence-corrected chi connectivity index (χ0v) is 12.2. The van der Waals surface area contributed by atoms with Crippen molar-refractivity contribution in [3.05, 3.63) is 29.8 Å². The van der Waals surface area contributed by atoms with Gasteiger partial charge in [-0.15, -0.1) is 6.42 Å². The molecule has 1 unspecified atom stereocenters. The molecule has 4 rings (SSSR count). The van der Waals surface area contributed by atoms with E-state index in [1.54, 1.807) is 12.3 Å². The molecule has 5 heteroatoms. The van der Waals surface area contributed by atoms with E-state index < -0.39 is 0 Å². The maximum atomic E-state index is 12.4. The highest BCUT2D eigenvalue weighted by molar-refractivity contribution is 5.96. The average molecular weight is 295 g/mol. The fourth-order valence-electron chi connectivity index (χ4n) is 3.58. The third kappa shape index (κ3) is 2.26. The highest BCUT2D eigenvalue weighted by Gasteiger charge is 2.33. The van der Waals surface area contributed by atoms with Crippen LogP contribution in [0.25, 0.3) is 11.0 Å². The van der Waals surface area contributed by atoms with E-state index in [2.05, 4.69) is 21.1 Å². The van der Waals surface area contributed by atoms with E-state index in [4.69, 9.17) is 10.8 Å². The molecule has 1 N–H and O–H groups in total. The number of amides is 1. The number of carbonyl (C=O) groups is 1. The Morgan fingerprint density at radius 3 is 3.23 bits per heavy atom. The monoisotopic (exact) mass is 295 g/mol. The van der Waals surface area contributed by atoms with E-state index in [9.17, 15) is 4.79 Å². The van der Waals surface area contributed by atoms with Gasteiger partial charge in [0.25, 0.3) is 5.91 Å². The van der Waals surface area contributed by atoms with Gasteiger partial charge >= 0.3 is 0 Å². The summed E-state index contributed by atoms with van der Waals surface area (Å²) in [5.74, 6) is 3.12. The Bertz CT molecular complexity index is 762. The predicted molar refractivity (Wildman–Crippen MR) is 82.4 cm³/mol. The van der Waals surface area contributed by atoms with Gasteiger partial charge in [-0.05, 0) is 25.3 Å². The fourth-order valence-corrected chi connectivity index (χ4v) is 3.58. The Morgan fingerprint density at radius 1 is 1.50 bits per heavy atom. The average Bonchev–Trinajstić information content (AvgIpc) is 3.09. The second-order valence-corrected chi connectivity index (χ2v) is 6.18. The van der Waals surface area contributed by atoms with Crippen LogP contribution in [-0.4, -0.2) is 41.5 Å². The molecule has 0 aromatic carbocycles. The molecule has 0 spiro atoms. The summed E-state index contributed by atoms with van der Waals surface area (Å²) < 4.78 is 5.39. The summed E-state index contributed by atoms with van der Waals surface area (Å²) in [5, 5.41) is 3.86. The molecular formula is C17H17N3O2. The Labute approximate surface area is 128 Å². The lowest BCUT2D eigenvalue weighted by molar-refractivity contribution is 0.0904. The number of rotatable bonds is 2. The largest absolute Gasteiger partial charge is 0.463 e. The van der Waals surface area contributed by atoms with Gasteiger partial charge in [0.2, 0.25) is 0 Å². The predicted octanol–water partition coefficient (Wildman–Crippen LogP) is 1.63. The molecule has 2 saturated heterocycles. The van der Waals surface area contributed by atoms with Crippen molar-refractivity contribution in [2.45, 2.75) is 18.9 Å². The van der Waals surface area contributed by atoms with Crippen LogP contribution in [0, 0.1) is 18.3 Å². The molecule has 0 aliphatic carbocycles. The Hall–Kier alpha value is -2.32. The molecule has 112 valence electrons. The minimum absolute atomic E-state index is 0.145. The van der Waals surface area contributed by atoms with Crippen molar-refractivity contribution in [2.24, 2.45) is 5.92 Å². The molecule has 2 aromatic rings. The van der Waals surface area contributed by atoms with Gasteiger partial charge in [-0.25, -0.2) is 0 Å². The first-order valence-electron chi connectivity index (χ1n) is 7.60. The van der Waals surface area contributed by atoms with Crippen molar-refractivity contribution in [1.29, 1.82) is 0 Å². The fraction of sp³-hybridized carbons (Fsp3) is 0.412. The first-order chi connectivity index (χ1) is 10.7. The van der Waals surface area contributed by atoms with Crippen molar-refractivity contribution in [3.8, 4) is 12.3 Å². The molecule has 0 saturated carbocycles. The molecule has 2 aliphatic rings. The minimum atomic E-state index is -0.145. The summed E-state index contributed by atoms with van der Waals surface area (Å²) >= 11 is 0. The maximum absolute atomic E-state index is 12.4. The second kappa shape index (κ2) is 5.15. The second-order valence-electron chi connectivity index (χ2n) is 6.18. The first-order valence-corrected chi connectivity index (χ1v) is 7.60. The summed E-state index contributed by atoms with van der Waals surface area (Å²) in [6.07, 6.45) is 10.8. The molecule has 22 heavy (non-hydrogen) atoms. The Morgan fingerprint density at radius 2 is 2.41 bits per heavy atom. The van der Waals surface area contributed by atoms with Gasteiger partial charge in [0.15, 0.2) is 0 Å². The van der Waals surface area contributed by atoms with Gasteiger partial charge in [0.05, 0.1) is 10.9 Å². The molecule has 3 atom stereocenters. The topological polar surface area (TPSA) is 58.4 Å². The number of hydrogen-bond acceptors (Lipinski definition) is 4. The summed E-state index contributed by atoms with van der Waals surface area (Å²) in [6.45, 7) is 3.27. The Balaban J connectivity index is 1.52. The third-order valence-corrected chi connectivity index (χ3v) is 4.65. The number of furan rings is 1. The summed E-state index contributed by atoms with van der Waals surface area (Å²) in [6, 6.07) is 1.87. The number of piperidine rings is 1. The van der Waals surface area contributed by atoms with Crippen LogP contribution in [0.5, 0.6) is 0 Å². The highest BCUT2D eigenvalue weighted by Crippen LogP contribution is 2.27.